The molecule has 0 radical (unpaired) electrons. The van der Waals surface area contributed by atoms with Gasteiger partial charge in [-0.15, -0.1) is 0 Å². The maximum absolute atomic E-state index is 11.9. The smallest absolute Gasteiger partial charge is 0.303 e. The molecule has 0 aliphatic carbocycles. The number of carboxylic acids is 1. The van der Waals surface area contributed by atoms with E-state index in [-0.39, 0.29) is 18.7 Å². The lowest BCUT2D eigenvalue weighted by atomic mass is 9.85. The minimum absolute atomic E-state index is 0.0241. The van der Waals surface area contributed by atoms with Gasteiger partial charge in [-0.05, 0) is 16.5 Å². The highest BCUT2D eigenvalue weighted by Crippen LogP contribution is 2.24. The lowest BCUT2D eigenvalue weighted by Gasteiger charge is -2.21. The first-order valence-electron chi connectivity index (χ1n) is 6.88. The van der Waals surface area contributed by atoms with Gasteiger partial charge in [0.1, 0.15) is 0 Å². The van der Waals surface area contributed by atoms with Crippen molar-refractivity contribution in [2.45, 2.75) is 39.8 Å². The van der Waals surface area contributed by atoms with Crippen molar-refractivity contribution in [2.24, 2.45) is 5.41 Å². The minimum atomic E-state index is -0.889. The van der Waals surface area contributed by atoms with Gasteiger partial charge in [0.15, 0.2) is 0 Å². The molecule has 0 spiro atoms. The second kappa shape index (κ2) is 7.78. The summed E-state index contributed by atoms with van der Waals surface area (Å²) in [6, 6.07) is 7.79. The molecule has 0 heterocycles. The molecular formula is C16H23NO4. The largest absolute Gasteiger partial charge is 0.481 e. The molecule has 5 heteroatoms. The van der Waals surface area contributed by atoms with Gasteiger partial charge in [-0.1, -0.05) is 38.1 Å². The average molecular weight is 293 g/mol. The van der Waals surface area contributed by atoms with E-state index in [9.17, 15) is 9.59 Å². The molecule has 1 aromatic rings. The van der Waals surface area contributed by atoms with E-state index in [0.29, 0.717) is 13.2 Å². The summed E-state index contributed by atoms with van der Waals surface area (Å²) in [5.74, 6) is -1.03. The molecular weight excluding hydrogens is 270 g/mol. The highest BCUT2D eigenvalue weighted by Gasteiger charge is 2.24. The number of amides is 1. The van der Waals surface area contributed by atoms with Crippen LogP contribution in [0.5, 0.6) is 0 Å². The highest BCUT2D eigenvalue weighted by molar-refractivity contribution is 5.77. The summed E-state index contributed by atoms with van der Waals surface area (Å²) >= 11 is 0. The SMILES string of the molecule is COCc1cccc(CNC(=O)CC(C)(C)CC(=O)O)c1. The van der Waals surface area contributed by atoms with Crippen molar-refractivity contribution in [2.75, 3.05) is 7.11 Å². The predicted octanol–water partition coefficient (Wildman–Crippen LogP) is 2.34. The van der Waals surface area contributed by atoms with Crippen molar-refractivity contribution in [3.63, 3.8) is 0 Å². The summed E-state index contributed by atoms with van der Waals surface area (Å²) in [6.45, 7) is 4.52. The third-order valence-corrected chi connectivity index (χ3v) is 3.06. The fourth-order valence-electron chi connectivity index (χ4n) is 2.17. The van der Waals surface area contributed by atoms with Gasteiger partial charge in [-0.2, -0.15) is 0 Å². The second-order valence-corrected chi connectivity index (χ2v) is 5.94. The highest BCUT2D eigenvalue weighted by atomic mass is 16.5. The van der Waals surface area contributed by atoms with E-state index in [2.05, 4.69) is 5.32 Å². The van der Waals surface area contributed by atoms with Crippen molar-refractivity contribution in [3.8, 4) is 0 Å². The Labute approximate surface area is 125 Å². The van der Waals surface area contributed by atoms with Crippen LogP contribution in [0.25, 0.3) is 0 Å². The molecule has 0 aromatic heterocycles. The summed E-state index contributed by atoms with van der Waals surface area (Å²) in [7, 11) is 1.64. The molecule has 116 valence electrons. The standard InChI is InChI=1S/C16H23NO4/c1-16(2,9-15(19)20)8-14(18)17-10-12-5-4-6-13(7-12)11-21-3/h4-7H,8-11H2,1-3H3,(H,17,18)(H,19,20). The lowest BCUT2D eigenvalue weighted by Crippen LogP contribution is -2.29. The van der Waals surface area contributed by atoms with Gasteiger partial charge < -0.3 is 15.2 Å². The van der Waals surface area contributed by atoms with Gasteiger partial charge in [-0.3, -0.25) is 9.59 Å². The number of carboxylic acid groups (broad SMARTS) is 1. The van der Waals surface area contributed by atoms with Crippen molar-refractivity contribution in [1.82, 2.24) is 5.32 Å². The van der Waals surface area contributed by atoms with Crippen LogP contribution in [-0.4, -0.2) is 24.1 Å². The molecule has 5 nitrogen and oxygen atoms in total. The number of ether oxygens (including phenoxy) is 1. The van der Waals surface area contributed by atoms with Crippen LogP contribution in [0.1, 0.15) is 37.8 Å². The summed E-state index contributed by atoms with van der Waals surface area (Å²) < 4.78 is 5.07. The Kier molecular flexibility index (Phi) is 6.37. The van der Waals surface area contributed by atoms with E-state index in [1.807, 2.05) is 24.3 Å². The van der Waals surface area contributed by atoms with E-state index in [1.54, 1.807) is 21.0 Å². The topological polar surface area (TPSA) is 75.6 Å². The summed E-state index contributed by atoms with van der Waals surface area (Å²) in [5, 5.41) is 11.6. The van der Waals surface area contributed by atoms with Crippen LogP contribution in [-0.2, 0) is 27.5 Å². The zero-order valence-electron chi connectivity index (χ0n) is 12.8. The molecule has 0 aliphatic heterocycles. The van der Waals surface area contributed by atoms with Crippen molar-refractivity contribution < 1.29 is 19.4 Å². The maximum atomic E-state index is 11.9. The van der Waals surface area contributed by atoms with Crippen molar-refractivity contribution in [1.29, 1.82) is 0 Å². The zero-order valence-corrected chi connectivity index (χ0v) is 12.8. The van der Waals surface area contributed by atoms with Gasteiger partial charge in [0.2, 0.25) is 5.91 Å². The molecule has 0 saturated carbocycles. The number of carbonyl (C=O) groups excluding carboxylic acids is 1. The number of rotatable bonds is 8. The zero-order chi connectivity index (χ0) is 15.9. The third-order valence-electron chi connectivity index (χ3n) is 3.06. The first-order valence-corrected chi connectivity index (χ1v) is 6.88. The van der Waals surface area contributed by atoms with Gasteiger partial charge >= 0.3 is 5.97 Å². The molecule has 0 aliphatic rings. The first-order chi connectivity index (χ1) is 9.82. The van der Waals surface area contributed by atoms with Gasteiger partial charge in [0.25, 0.3) is 0 Å². The Morgan fingerprint density at radius 2 is 1.90 bits per heavy atom. The molecule has 0 unspecified atom stereocenters. The maximum Gasteiger partial charge on any atom is 0.303 e. The van der Waals surface area contributed by atoms with Crippen LogP contribution in [0.15, 0.2) is 24.3 Å². The molecule has 0 saturated heterocycles. The number of nitrogens with one attached hydrogen (secondary N) is 1. The van der Waals surface area contributed by atoms with E-state index in [4.69, 9.17) is 9.84 Å². The number of hydrogen-bond donors (Lipinski definition) is 2. The number of carbonyl (C=O) groups is 2. The van der Waals surface area contributed by atoms with Gasteiger partial charge in [-0.25, -0.2) is 0 Å². The van der Waals surface area contributed by atoms with Crippen molar-refractivity contribution in [3.05, 3.63) is 35.4 Å². The molecule has 21 heavy (non-hydrogen) atoms. The lowest BCUT2D eigenvalue weighted by molar-refractivity contribution is -0.139. The Balaban J connectivity index is 2.49. The number of benzene rings is 1. The second-order valence-electron chi connectivity index (χ2n) is 5.94. The van der Waals surface area contributed by atoms with Crippen LogP contribution in [0.2, 0.25) is 0 Å². The van der Waals surface area contributed by atoms with Crippen LogP contribution in [0.4, 0.5) is 0 Å². The van der Waals surface area contributed by atoms with Crippen molar-refractivity contribution >= 4 is 11.9 Å². The number of hydrogen-bond acceptors (Lipinski definition) is 3. The number of methoxy groups -OCH3 is 1. The fourth-order valence-corrected chi connectivity index (χ4v) is 2.17. The normalized spacial score (nSPS) is 11.2. The molecule has 0 fully saturated rings. The summed E-state index contributed by atoms with van der Waals surface area (Å²) in [6.07, 6.45) is 0.167. The molecule has 0 atom stereocenters. The Morgan fingerprint density at radius 1 is 1.24 bits per heavy atom. The fraction of sp³-hybridized carbons (Fsp3) is 0.500. The van der Waals surface area contributed by atoms with Crippen LogP contribution in [0.3, 0.4) is 0 Å². The monoisotopic (exact) mass is 293 g/mol. The summed E-state index contributed by atoms with van der Waals surface area (Å²) in [5.41, 5.74) is 1.50. The van der Waals surface area contributed by atoms with E-state index < -0.39 is 11.4 Å². The Hall–Kier alpha value is -1.88. The van der Waals surface area contributed by atoms with E-state index in [1.165, 1.54) is 0 Å². The van der Waals surface area contributed by atoms with Crippen LogP contribution >= 0.6 is 0 Å². The summed E-state index contributed by atoms with van der Waals surface area (Å²) in [4.78, 5) is 22.6. The Bertz CT molecular complexity index is 497. The molecule has 1 rings (SSSR count). The van der Waals surface area contributed by atoms with E-state index in [0.717, 1.165) is 11.1 Å². The average Bonchev–Trinajstić information content (AvgIpc) is 2.35. The van der Waals surface area contributed by atoms with Gasteiger partial charge in [0.05, 0.1) is 13.0 Å². The molecule has 2 N–H and O–H groups in total. The molecule has 0 bridgehead atoms. The predicted molar refractivity (Wildman–Crippen MR) is 79.7 cm³/mol. The van der Waals surface area contributed by atoms with Crippen LogP contribution < -0.4 is 5.32 Å². The quantitative estimate of drug-likeness (QED) is 0.771. The third kappa shape index (κ3) is 6.90. The number of aliphatic carboxylic acids is 1. The Morgan fingerprint density at radius 3 is 2.52 bits per heavy atom. The van der Waals surface area contributed by atoms with Crippen LogP contribution in [0, 0.1) is 5.41 Å². The first kappa shape index (κ1) is 17.2. The molecule has 1 amide bonds. The minimum Gasteiger partial charge on any atom is -0.481 e. The molecule has 1 aromatic carbocycles. The van der Waals surface area contributed by atoms with E-state index >= 15 is 0 Å². The van der Waals surface area contributed by atoms with Gasteiger partial charge in [0, 0.05) is 20.1 Å².